The maximum Gasteiger partial charge on any atom is 0.261 e. The molecule has 2 N–H and O–H groups in total. The van der Waals surface area contributed by atoms with E-state index in [9.17, 15) is 18.0 Å². The molecular formula is C20H22N2O6S. The number of sulfonamides is 1. The van der Waals surface area contributed by atoms with Gasteiger partial charge in [-0.1, -0.05) is 13.8 Å². The van der Waals surface area contributed by atoms with Gasteiger partial charge in [-0.3, -0.25) is 19.6 Å². The highest BCUT2D eigenvalue weighted by molar-refractivity contribution is 7.92. The van der Waals surface area contributed by atoms with E-state index in [2.05, 4.69) is 10.0 Å². The molecule has 1 aliphatic heterocycles. The quantitative estimate of drug-likeness (QED) is 0.606. The number of hydrogen-bond acceptors (Lipinski definition) is 6. The minimum absolute atomic E-state index is 0.0353. The number of rotatable bonds is 9. The third-order valence-corrected chi connectivity index (χ3v) is 5.52. The molecule has 0 unspecified atom stereocenters. The van der Waals surface area contributed by atoms with Gasteiger partial charge in [-0.25, -0.2) is 8.42 Å². The van der Waals surface area contributed by atoms with Crippen LogP contribution < -0.4 is 19.5 Å². The molecule has 0 saturated heterocycles. The molecule has 29 heavy (non-hydrogen) atoms. The molecule has 9 heteroatoms. The van der Waals surface area contributed by atoms with Gasteiger partial charge in [0.15, 0.2) is 11.5 Å². The molecule has 2 aromatic carbocycles. The number of hydrogen-bond donors (Lipinski definition) is 2. The molecule has 1 aliphatic rings. The molecule has 8 nitrogen and oxygen atoms in total. The highest BCUT2D eigenvalue weighted by Crippen LogP contribution is 2.32. The van der Waals surface area contributed by atoms with Gasteiger partial charge in [0, 0.05) is 6.07 Å². The Bertz CT molecular complexity index is 1050. The molecule has 0 spiro atoms. The summed E-state index contributed by atoms with van der Waals surface area (Å²) < 4.78 is 39.3. The molecule has 0 bridgehead atoms. The Labute approximate surface area is 169 Å². The number of ether oxygens (including phenoxy) is 2. The standard InChI is InChI=1S/C20H22N2O6S/c1-3-9-27-17-8-5-13(11-18(17)28-10-4-2)22-29(25,26)14-6-7-15-16(12-14)20(24)21-19(15)23/h5-8,11-12,22H,3-4,9-10H2,1-2H3,(H,21,23,24). The molecule has 0 aliphatic carbocycles. The highest BCUT2D eigenvalue weighted by atomic mass is 32.2. The van der Waals surface area contributed by atoms with Gasteiger partial charge in [0.2, 0.25) is 0 Å². The largest absolute Gasteiger partial charge is 0.490 e. The van der Waals surface area contributed by atoms with Gasteiger partial charge < -0.3 is 9.47 Å². The van der Waals surface area contributed by atoms with E-state index in [0.29, 0.717) is 30.4 Å². The van der Waals surface area contributed by atoms with E-state index in [4.69, 9.17) is 9.47 Å². The van der Waals surface area contributed by atoms with Crippen molar-refractivity contribution in [3.63, 3.8) is 0 Å². The Hall–Kier alpha value is -3.07. The second-order valence-corrected chi connectivity index (χ2v) is 8.14. The van der Waals surface area contributed by atoms with Gasteiger partial charge >= 0.3 is 0 Å². The molecule has 2 amide bonds. The second kappa shape index (κ2) is 8.52. The topological polar surface area (TPSA) is 111 Å². The Morgan fingerprint density at radius 1 is 0.862 bits per heavy atom. The number of fused-ring (bicyclic) bond motifs is 1. The number of anilines is 1. The third kappa shape index (κ3) is 4.51. The first kappa shape index (κ1) is 20.7. The van der Waals surface area contributed by atoms with E-state index in [-0.39, 0.29) is 16.0 Å². The summed E-state index contributed by atoms with van der Waals surface area (Å²) in [6, 6.07) is 8.57. The van der Waals surface area contributed by atoms with Gasteiger partial charge in [0.1, 0.15) is 0 Å². The summed E-state index contributed by atoms with van der Waals surface area (Å²) in [6.45, 7) is 4.93. The van der Waals surface area contributed by atoms with Crippen molar-refractivity contribution in [2.75, 3.05) is 17.9 Å². The minimum atomic E-state index is -3.98. The smallest absolute Gasteiger partial charge is 0.261 e. The normalized spacial score (nSPS) is 13.0. The first-order valence-electron chi connectivity index (χ1n) is 9.28. The van der Waals surface area contributed by atoms with Crippen molar-refractivity contribution in [2.45, 2.75) is 31.6 Å². The zero-order valence-electron chi connectivity index (χ0n) is 16.2. The van der Waals surface area contributed by atoms with Gasteiger partial charge in [-0.05, 0) is 43.2 Å². The molecule has 0 aromatic heterocycles. The SMILES string of the molecule is CCCOc1ccc(NS(=O)(=O)c2ccc3c(c2)C(=O)NC3=O)cc1OCCC. The minimum Gasteiger partial charge on any atom is -0.490 e. The highest BCUT2D eigenvalue weighted by Gasteiger charge is 2.28. The lowest BCUT2D eigenvalue weighted by molar-refractivity contribution is 0.0879. The lowest BCUT2D eigenvalue weighted by Gasteiger charge is -2.15. The van der Waals surface area contributed by atoms with Crippen molar-refractivity contribution in [1.29, 1.82) is 0 Å². The van der Waals surface area contributed by atoms with Crippen molar-refractivity contribution in [2.24, 2.45) is 0 Å². The Morgan fingerprint density at radius 3 is 2.21 bits per heavy atom. The average molecular weight is 418 g/mol. The van der Waals surface area contributed by atoms with Crippen molar-refractivity contribution >= 4 is 27.5 Å². The van der Waals surface area contributed by atoms with Crippen LogP contribution in [-0.4, -0.2) is 33.4 Å². The number of benzene rings is 2. The van der Waals surface area contributed by atoms with Crippen molar-refractivity contribution in [3.05, 3.63) is 47.5 Å². The van der Waals surface area contributed by atoms with Crippen LogP contribution in [0.4, 0.5) is 5.69 Å². The lowest BCUT2D eigenvalue weighted by Crippen LogP contribution is -2.19. The summed E-state index contributed by atoms with van der Waals surface area (Å²) in [5.41, 5.74) is 0.482. The van der Waals surface area contributed by atoms with Crippen molar-refractivity contribution in [3.8, 4) is 11.5 Å². The van der Waals surface area contributed by atoms with E-state index >= 15 is 0 Å². The summed E-state index contributed by atoms with van der Waals surface area (Å²) in [5.74, 6) is -0.174. The van der Waals surface area contributed by atoms with Gasteiger partial charge in [-0.2, -0.15) is 0 Å². The van der Waals surface area contributed by atoms with Crippen LogP contribution in [0.2, 0.25) is 0 Å². The van der Waals surface area contributed by atoms with Crippen LogP contribution in [0.5, 0.6) is 11.5 Å². The zero-order chi connectivity index (χ0) is 21.0. The number of nitrogens with one attached hydrogen (secondary N) is 2. The van der Waals surface area contributed by atoms with E-state index in [1.807, 2.05) is 13.8 Å². The fourth-order valence-corrected chi connectivity index (χ4v) is 3.83. The molecule has 2 aromatic rings. The van der Waals surface area contributed by atoms with E-state index < -0.39 is 21.8 Å². The molecule has 0 fully saturated rings. The monoisotopic (exact) mass is 418 g/mol. The maximum atomic E-state index is 12.8. The summed E-state index contributed by atoms with van der Waals surface area (Å²) in [4.78, 5) is 23.3. The molecule has 154 valence electrons. The van der Waals surface area contributed by atoms with E-state index in [0.717, 1.165) is 12.8 Å². The van der Waals surface area contributed by atoms with Gasteiger partial charge in [0.25, 0.3) is 21.8 Å². The fraction of sp³-hybridized carbons (Fsp3) is 0.300. The molecular weight excluding hydrogens is 396 g/mol. The van der Waals surface area contributed by atoms with Crippen LogP contribution in [0.25, 0.3) is 0 Å². The van der Waals surface area contributed by atoms with Gasteiger partial charge in [0.05, 0.1) is 34.9 Å². The van der Waals surface area contributed by atoms with E-state index in [1.165, 1.54) is 18.2 Å². The van der Waals surface area contributed by atoms with Crippen LogP contribution in [-0.2, 0) is 10.0 Å². The number of amides is 2. The van der Waals surface area contributed by atoms with Crippen LogP contribution in [0.1, 0.15) is 47.4 Å². The zero-order valence-corrected chi connectivity index (χ0v) is 17.0. The van der Waals surface area contributed by atoms with Crippen LogP contribution in [0, 0.1) is 0 Å². The summed E-state index contributed by atoms with van der Waals surface area (Å²) >= 11 is 0. The third-order valence-electron chi connectivity index (χ3n) is 4.14. The molecule has 0 atom stereocenters. The molecule has 1 heterocycles. The first-order chi connectivity index (χ1) is 13.9. The first-order valence-corrected chi connectivity index (χ1v) is 10.8. The Balaban J connectivity index is 1.87. The van der Waals surface area contributed by atoms with Crippen LogP contribution in [0.3, 0.4) is 0 Å². The molecule has 3 rings (SSSR count). The van der Waals surface area contributed by atoms with Crippen LogP contribution >= 0.6 is 0 Å². The predicted octanol–water partition coefficient (Wildman–Crippen LogP) is 2.95. The fourth-order valence-electron chi connectivity index (χ4n) is 2.76. The van der Waals surface area contributed by atoms with Crippen LogP contribution in [0.15, 0.2) is 41.3 Å². The van der Waals surface area contributed by atoms with Crippen molar-refractivity contribution < 1.29 is 27.5 Å². The molecule has 0 radical (unpaired) electrons. The summed E-state index contributed by atoms with van der Waals surface area (Å²) in [7, 11) is -3.98. The number of carbonyl (C=O) groups excluding carboxylic acids is 2. The van der Waals surface area contributed by atoms with Crippen molar-refractivity contribution in [1.82, 2.24) is 5.32 Å². The summed E-state index contributed by atoms with van der Waals surface area (Å²) in [5, 5.41) is 2.14. The Kier molecular flexibility index (Phi) is 6.07. The van der Waals surface area contributed by atoms with E-state index in [1.54, 1.807) is 18.2 Å². The van der Waals surface area contributed by atoms with Gasteiger partial charge in [-0.15, -0.1) is 0 Å². The number of carbonyl (C=O) groups is 2. The Morgan fingerprint density at radius 2 is 1.52 bits per heavy atom. The molecule has 0 saturated carbocycles. The maximum absolute atomic E-state index is 12.8. The predicted molar refractivity (Wildman–Crippen MR) is 107 cm³/mol. The number of imide groups is 1. The summed E-state index contributed by atoms with van der Waals surface area (Å²) in [6.07, 6.45) is 1.62. The lowest BCUT2D eigenvalue weighted by atomic mass is 10.1. The second-order valence-electron chi connectivity index (χ2n) is 6.45. The average Bonchev–Trinajstić information content (AvgIpc) is 2.98.